The fourth-order valence-corrected chi connectivity index (χ4v) is 4.45. The summed E-state index contributed by atoms with van der Waals surface area (Å²) in [6.07, 6.45) is 0.519. The van der Waals surface area contributed by atoms with Gasteiger partial charge in [-0.15, -0.1) is 11.3 Å². The normalized spacial score (nSPS) is 22.4. The highest BCUT2D eigenvalue weighted by atomic mass is 32.1. The van der Waals surface area contributed by atoms with Gasteiger partial charge in [0.05, 0.1) is 22.6 Å². The van der Waals surface area contributed by atoms with E-state index in [0.717, 1.165) is 5.56 Å². The second-order valence-corrected chi connectivity index (χ2v) is 7.75. The van der Waals surface area contributed by atoms with E-state index in [1.54, 1.807) is 11.3 Å². The number of rotatable bonds is 3. The number of fused-ring (bicyclic) bond motifs is 1. The first-order valence-electron chi connectivity index (χ1n) is 9.23. The zero-order valence-corrected chi connectivity index (χ0v) is 16.0. The number of aliphatic hydroxyl groups is 1. The van der Waals surface area contributed by atoms with E-state index < -0.39 is 6.10 Å². The minimum atomic E-state index is -0.401. The van der Waals surface area contributed by atoms with Crippen molar-refractivity contribution in [2.75, 3.05) is 6.61 Å². The zero-order chi connectivity index (χ0) is 18.6. The lowest BCUT2D eigenvalue weighted by Gasteiger charge is -2.31. The summed E-state index contributed by atoms with van der Waals surface area (Å²) in [4.78, 5) is 1.19. The fraction of sp³-hybridized carbons (Fsp3) is 0.304. The maximum Gasteiger partial charge on any atom is 0.159 e. The molecule has 1 saturated heterocycles. The number of benzene rings is 2. The third kappa shape index (κ3) is 4.07. The Morgan fingerprint density at radius 1 is 1.11 bits per heavy atom. The minimum absolute atomic E-state index is 0.192. The van der Waals surface area contributed by atoms with Crippen LogP contribution in [-0.2, 0) is 9.47 Å². The second kappa shape index (κ2) is 8.24. The molecule has 1 aliphatic heterocycles. The predicted octanol–water partition coefficient (Wildman–Crippen LogP) is 4.82. The lowest BCUT2D eigenvalue weighted by molar-refractivity contribution is -0.211. The van der Waals surface area contributed by atoms with Crippen molar-refractivity contribution in [3.05, 3.63) is 60.2 Å². The van der Waals surface area contributed by atoms with Crippen LogP contribution in [0.3, 0.4) is 0 Å². The van der Waals surface area contributed by atoms with Crippen molar-refractivity contribution in [2.24, 2.45) is 0 Å². The molecule has 1 aromatic heterocycles. The summed E-state index contributed by atoms with van der Waals surface area (Å²) in [6, 6.07) is 18.7. The van der Waals surface area contributed by atoms with Crippen LogP contribution in [0, 0.1) is 11.8 Å². The fourth-order valence-electron chi connectivity index (χ4n) is 3.28. The average Bonchev–Trinajstić information content (AvgIpc) is 3.07. The Hall–Kier alpha value is -2.16. The van der Waals surface area contributed by atoms with Crippen LogP contribution in [0.1, 0.15) is 25.3 Å². The van der Waals surface area contributed by atoms with E-state index in [2.05, 4.69) is 54.3 Å². The Morgan fingerprint density at radius 2 is 1.89 bits per heavy atom. The van der Waals surface area contributed by atoms with Crippen LogP contribution in [0.4, 0.5) is 0 Å². The quantitative estimate of drug-likeness (QED) is 0.664. The lowest BCUT2D eigenvalue weighted by atomic mass is 10.1. The molecule has 1 fully saturated rings. The Balaban J connectivity index is 1.55. The Labute approximate surface area is 163 Å². The Kier molecular flexibility index (Phi) is 5.56. The minimum Gasteiger partial charge on any atom is -0.390 e. The van der Waals surface area contributed by atoms with Crippen molar-refractivity contribution < 1.29 is 14.6 Å². The summed E-state index contributed by atoms with van der Waals surface area (Å²) in [5.41, 5.74) is 2.24. The third-order valence-corrected chi connectivity index (χ3v) is 6.01. The van der Waals surface area contributed by atoms with Crippen LogP contribution in [0.25, 0.3) is 20.5 Å². The number of hydrogen-bond acceptors (Lipinski definition) is 4. The molecular weight excluding hydrogens is 356 g/mol. The van der Waals surface area contributed by atoms with Crippen molar-refractivity contribution in [1.82, 2.24) is 0 Å². The van der Waals surface area contributed by atoms with E-state index in [9.17, 15) is 5.11 Å². The van der Waals surface area contributed by atoms with E-state index in [0.29, 0.717) is 19.4 Å². The van der Waals surface area contributed by atoms with E-state index in [4.69, 9.17) is 9.47 Å². The average molecular weight is 378 g/mol. The van der Waals surface area contributed by atoms with Gasteiger partial charge in [-0.25, -0.2) is 0 Å². The maximum atomic E-state index is 9.72. The first kappa shape index (κ1) is 18.2. The molecule has 0 spiro atoms. The van der Waals surface area contributed by atoms with Crippen LogP contribution in [0.15, 0.2) is 54.6 Å². The van der Waals surface area contributed by atoms with Gasteiger partial charge in [0, 0.05) is 16.5 Å². The largest absolute Gasteiger partial charge is 0.390 e. The van der Waals surface area contributed by atoms with Crippen LogP contribution in [0.5, 0.6) is 0 Å². The molecule has 2 heterocycles. The predicted molar refractivity (Wildman–Crippen MR) is 110 cm³/mol. The van der Waals surface area contributed by atoms with Gasteiger partial charge in [0.25, 0.3) is 0 Å². The highest BCUT2D eigenvalue weighted by molar-refractivity contribution is 7.22. The molecule has 0 unspecified atom stereocenters. The molecule has 1 aliphatic rings. The SMILES string of the molecule is C[C@@H]1O[C@@H](OCC#Cc2c(-c3ccccc3)sc3ccccc23)CC[C@@H]1O. The molecule has 0 radical (unpaired) electrons. The summed E-state index contributed by atoms with van der Waals surface area (Å²) in [5, 5.41) is 10.9. The lowest BCUT2D eigenvalue weighted by Crippen LogP contribution is -2.37. The van der Waals surface area contributed by atoms with Crippen LogP contribution >= 0.6 is 11.3 Å². The zero-order valence-electron chi connectivity index (χ0n) is 15.2. The van der Waals surface area contributed by atoms with Crippen molar-refractivity contribution in [3.63, 3.8) is 0 Å². The maximum absolute atomic E-state index is 9.72. The standard InChI is InChI=1S/C23H22O3S/c1-16-20(24)13-14-22(26-16)25-15-7-11-19-18-10-5-6-12-21(18)27-23(19)17-8-3-2-4-9-17/h2-6,8-10,12,16,20,22,24H,13-15H2,1H3/t16-,20-,22+/m0/s1. The van der Waals surface area contributed by atoms with Crippen molar-refractivity contribution in [1.29, 1.82) is 0 Å². The molecule has 0 aliphatic carbocycles. The van der Waals surface area contributed by atoms with E-state index >= 15 is 0 Å². The molecule has 4 heteroatoms. The van der Waals surface area contributed by atoms with Crippen LogP contribution in [0.2, 0.25) is 0 Å². The van der Waals surface area contributed by atoms with Gasteiger partial charge >= 0.3 is 0 Å². The van der Waals surface area contributed by atoms with Gasteiger partial charge < -0.3 is 14.6 Å². The van der Waals surface area contributed by atoms with Gasteiger partial charge in [-0.05, 0) is 25.0 Å². The second-order valence-electron chi connectivity index (χ2n) is 6.70. The molecule has 3 nitrogen and oxygen atoms in total. The van der Waals surface area contributed by atoms with Gasteiger partial charge in [0.2, 0.25) is 0 Å². The molecule has 4 rings (SSSR count). The Morgan fingerprint density at radius 3 is 2.70 bits per heavy atom. The van der Waals surface area contributed by atoms with E-state index in [1.807, 2.05) is 19.1 Å². The summed E-state index contributed by atoms with van der Waals surface area (Å²) < 4.78 is 12.7. The monoisotopic (exact) mass is 378 g/mol. The van der Waals surface area contributed by atoms with Crippen molar-refractivity contribution in [2.45, 2.75) is 38.3 Å². The summed E-state index contributed by atoms with van der Waals surface area (Å²) in [7, 11) is 0. The van der Waals surface area contributed by atoms with E-state index in [-0.39, 0.29) is 12.4 Å². The molecular formula is C23H22O3S. The first-order chi connectivity index (χ1) is 13.2. The van der Waals surface area contributed by atoms with Crippen molar-refractivity contribution in [3.8, 4) is 22.3 Å². The molecule has 2 aromatic carbocycles. The molecule has 1 N–H and O–H groups in total. The number of hydrogen-bond donors (Lipinski definition) is 1. The number of thiophene rings is 1. The summed E-state index contributed by atoms with van der Waals surface area (Å²) >= 11 is 1.77. The van der Waals surface area contributed by atoms with E-state index in [1.165, 1.54) is 20.5 Å². The van der Waals surface area contributed by atoms with Gasteiger partial charge in [-0.2, -0.15) is 0 Å². The number of ether oxygens (including phenoxy) is 2. The molecule has 138 valence electrons. The third-order valence-electron chi connectivity index (χ3n) is 4.79. The molecule has 0 saturated carbocycles. The van der Waals surface area contributed by atoms with Gasteiger partial charge in [-0.3, -0.25) is 0 Å². The van der Waals surface area contributed by atoms with Crippen molar-refractivity contribution >= 4 is 21.4 Å². The smallest absolute Gasteiger partial charge is 0.159 e. The summed E-state index contributed by atoms with van der Waals surface area (Å²) in [6.45, 7) is 2.18. The highest BCUT2D eigenvalue weighted by Crippen LogP contribution is 2.37. The molecule has 0 bridgehead atoms. The topological polar surface area (TPSA) is 38.7 Å². The van der Waals surface area contributed by atoms with Crippen LogP contribution in [-0.4, -0.2) is 30.2 Å². The van der Waals surface area contributed by atoms with Gasteiger partial charge in [-0.1, -0.05) is 60.4 Å². The number of aliphatic hydroxyl groups excluding tert-OH is 1. The molecule has 27 heavy (non-hydrogen) atoms. The first-order valence-corrected chi connectivity index (χ1v) is 10.0. The molecule has 3 aromatic rings. The van der Waals surface area contributed by atoms with Gasteiger partial charge in [0.1, 0.15) is 6.61 Å². The molecule has 0 amide bonds. The highest BCUT2D eigenvalue weighted by Gasteiger charge is 2.26. The van der Waals surface area contributed by atoms with Gasteiger partial charge in [0.15, 0.2) is 6.29 Å². The van der Waals surface area contributed by atoms with Crippen LogP contribution < -0.4 is 0 Å². The Bertz CT molecular complexity index is 967. The molecule has 3 atom stereocenters. The summed E-state index contributed by atoms with van der Waals surface area (Å²) in [5.74, 6) is 6.48.